The minimum Gasteiger partial charge on any atom is -0.490 e. The number of carbonyl (C=O) groups excluding carboxylic acids is 1. The molecule has 2 N–H and O–H groups in total. The number of ether oxygens (including phenoxy) is 1. The van der Waals surface area contributed by atoms with Crippen LogP contribution >= 0.6 is 11.6 Å². The maximum atomic E-state index is 13.5. The Labute approximate surface area is 282 Å². The number of sulfonamides is 1. The summed E-state index contributed by atoms with van der Waals surface area (Å²) in [6.45, 7) is 5.37. The molecule has 7 rings (SSSR count). The van der Waals surface area contributed by atoms with Gasteiger partial charge in [-0.1, -0.05) is 30.7 Å². The predicted octanol–water partition coefficient (Wildman–Crippen LogP) is 6.39. The minimum absolute atomic E-state index is 0.00331. The largest absolute Gasteiger partial charge is 0.490 e. The average Bonchev–Trinajstić information content (AvgIpc) is 3.19. The monoisotopic (exact) mass is 677 g/mol. The second-order valence-corrected chi connectivity index (χ2v) is 16.9. The Bertz CT molecular complexity index is 1770. The minimum atomic E-state index is -3.95. The van der Waals surface area contributed by atoms with Crippen molar-refractivity contribution in [1.29, 1.82) is 0 Å². The van der Waals surface area contributed by atoms with Gasteiger partial charge in [0.2, 0.25) is 10.0 Å². The highest BCUT2D eigenvalue weighted by Crippen LogP contribution is 2.51. The molecule has 250 valence electrons. The fourth-order valence-corrected chi connectivity index (χ4v) is 10.1. The molecule has 0 saturated heterocycles. The van der Waals surface area contributed by atoms with Crippen molar-refractivity contribution in [2.45, 2.75) is 81.5 Å². The Morgan fingerprint density at radius 2 is 1.91 bits per heavy atom. The van der Waals surface area contributed by atoms with Crippen molar-refractivity contribution in [1.82, 2.24) is 9.71 Å². The SMILES string of the molecule is C[C@@H]1[C@@H](C)CCC[C@](O)(c2cccnc2)[C@@H]2CC[C@H]2CN2C[C@@]3(CCCc4cc(Cl)ccc43)COc3ccc(cc32)C(=O)NS1(=O)=O. The molecular formula is C37H44ClN3O5S. The number of nitrogens with zero attached hydrogens (tertiary/aromatic N) is 2. The van der Waals surface area contributed by atoms with E-state index in [4.69, 9.17) is 16.3 Å². The van der Waals surface area contributed by atoms with Crippen LogP contribution in [0.2, 0.25) is 5.02 Å². The van der Waals surface area contributed by atoms with Gasteiger partial charge in [-0.3, -0.25) is 9.78 Å². The van der Waals surface area contributed by atoms with Crippen molar-refractivity contribution in [3.63, 3.8) is 0 Å². The fraction of sp³-hybridized carbons (Fsp3) is 0.514. The number of rotatable bonds is 1. The molecule has 8 nitrogen and oxygen atoms in total. The molecule has 0 radical (unpaired) electrons. The second-order valence-electron chi connectivity index (χ2n) is 14.4. The van der Waals surface area contributed by atoms with Crippen molar-refractivity contribution in [3.8, 4) is 5.75 Å². The first-order valence-electron chi connectivity index (χ1n) is 17.0. The van der Waals surface area contributed by atoms with E-state index in [2.05, 4.69) is 26.7 Å². The molecule has 2 aliphatic carbocycles. The van der Waals surface area contributed by atoms with Crippen molar-refractivity contribution < 1.29 is 23.1 Å². The van der Waals surface area contributed by atoms with Crippen LogP contribution in [-0.2, 0) is 27.5 Å². The highest BCUT2D eigenvalue weighted by molar-refractivity contribution is 7.90. The third kappa shape index (κ3) is 5.93. The lowest BCUT2D eigenvalue weighted by Gasteiger charge is -2.50. The molecule has 1 spiro atoms. The van der Waals surface area contributed by atoms with Crippen molar-refractivity contribution in [2.24, 2.45) is 17.8 Å². The zero-order valence-electron chi connectivity index (χ0n) is 27.1. The van der Waals surface area contributed by atoms with Crippen LogP contribution in [0.4, 0.5) is 5.69 Å². The van der Waals surface area contributed by atoms with Gasteiger partial charge < -0.3 is 14.7 Å². The number of fused-ring (bicyclic) bond motifs is 4. The molecule has 3 aromatic rings. The molecule has 2 aliphatic heterocycles. The van der Waals surface area contributed by atoms with E-state index < -0.39 is 26.8 Å². The quantitative estimate of drug-likeness (QED) is 0.307. The van der Waals surface area contributed by atoms with Gasteiger partial charge >= 0.3 is 0 Å². The van der Waals surface area contributed by atoms with Crippen LogP contribution in [0.3, 0.4) is 0 Å². The molecule has 4 aliphatic rings. The number of hydrogen-bond acceptors (Lipinski definition) is 7. The molecule has 2 aromatic carbocycles. The number of nitrogens with one attached hydrogen (secondary N) is 1. The summed E-state index contributed by atoms with van der Waals surface area (Å²) in [5.41, 5.74) is 2.96. The number of anilines is 1. The van der Waals surface area contributed by atoms with Crippen molar-refractivity contribution in [3.05, 3.63) is 88.2 Å². The first-order valence-corrected chi connectivity index (χ1v) is 18.9. The van der Waals surface area contributed by atoms with Crippen molar-refractivity contribution >= 4 is 33.2 Å². The molecule has 2 bridgehead atoms. The van der Waals surface area contributed by atoms with E-state index in [1.54, 1.807) is 37.5 Å². The summed E-state index contributed by atoms with van der Waals surface area (Å²) in [5.74, 6) is 0.0120. The zero-order valence-corrected chi connectivity index (χ0v) is 28.7. The van der Waals surface area contributed by atoms with Gasteiger partial charge in [0.1, 0.15) is 5.75 Å². The lowest BCUT2D eigenvalue weighted by atomic mass is 9.61. The number of benzene rings is 2. The van der Waals surface area contributed by atoms with Crippen LogP contribution in [-0.4, -0.2) is 49.4 Å². The maximum absolute atomic E-state index is 13.5. The predicted molar refractivity (Wildman–Crippen MR) is 183 cm³/mol. The van der Waals surface area contributed by atoms with E-state index >= 15 is 0 Å². The maximum Gasteiger partial charge on any atom is 0.264 e. The van der Waals surface area contributed by atoms with Crippen LogP contribution in [0, 0.1) is 17.8 Å². The highest BCUT2D eigenvalue weighted by atomic mass is 35.5. The molecule has 10 heteroatoms. The Hall–Kier alpha value is -3.14. The Morgan fingerprint density at radius 3 is 2.68 bits per heavy atom. The summed E-state index contributed by atoms with van der Waals surface area (Å²) >= 11 is 6.44. The lowest BCUT2D eigenvalue weighted by molar-refractivity contribution is -0.0952. The smallest absolute Gasteiger partial charge is 0.264 e. The topological polar surface area (TPSA) is 109 Å². The molecule has 1 fully saturated rings. The van der Waals surface area contributed by atoms with Crippen LogP contribution < -0.4 is 14.4 Å². The third-order valence-electron chi connectivity index (χ3n) is 11.7. The Morgan fingerprint density at radius 1 is 1.06 bits per heavy atom. The number of hydrogen-bond donors (Lipinski definition) is 2. The van der Waals surface area contributed by atoms with E-state index in [1.807, 2.05) is 25.1 Å². The number of aliphatic hydroxyl groups is 1. The van der Waals surface area contributed by atoms with E-state index in [1.165, 1.54) is 11.1 Å². The molecule has 47 heavy (non-hydrogen) atoms. The molecule has 0 unspecified atom stereocenters. The van der Waals surface area contributed by atoms with Gasteiger partial charge in [0.05, 0.1) is 23.1 Å². The van der Waals surface area contributed by atoms with Crippen LogP contribution in [0.15, 0.2) is 60.9 Å². The second kappa shape index (κ2) is 12.4. The van der Waals surface area contributed by atoms with E-state index in [0.29, 0.717) is 44.7 Å². The summed E-state index contributed by atoms with van der Waals surface area (Å²) in [6.07, 6.45) is 10.0. The summed E-state index contributed by atoms with van der Waals surface area (Å²) in [6, 6.07) is 15.3. The number of carbonyl (C=O) groups is 1. The first kappa shape index (κ1) is 32.4. The standard InChI is InChI=1S/C37H44ClN3O5S/c1-24-6-3-16-37(43,29-8-5-17-39-20-29)32-12-9-28(32)21-41-22-36(15-4-7-26-18-30(38)11-13-31(26)36)23-46-34-14-10-27(19-33(34)41)35(42)40-47(44,45)25(24)2/h5,8,10-11,13-14,17-20,24-25,28,32,43H,3-4,6-7,9,12,15-16,21-23H2,1-2H3,(H,40,42)/t24-,25+,28-,32+,36-,37-/m0/s1. The summed E-state index contributed by atoms with van der Waals surface area (Å²) in [5, 5.41) is 12.5. The van der Waals surface area contributed by atoms with Crippen LogP contribution in [0.25, 0.3) is 0 Å². The molecular weight excluding hydrogens is 634 g/mol. The van der Waals surface area contributed by atoms with Crippen LogP contribution in [0.5, 0.6) is 5.75 Å². The van der Waals surface area contributed by atoms with Gasteiger partial charge in [0, 0.05) is 47.0 Å². The van der Waals surface area contributed by atoms with Gasteiger partial charge in [-0.05, 0) is 124 Å². The van der Waals surface area contributed by atoms with Gasteiger partial charge in [-0.15, -0.1) is 0 Å². The molecule has 3 heterocycles. The Balaban J connectivity index is 1.33. The van der Waals surface area contributed by atoms with Gasteiger partial charge in [0.15, 0.2) is 0 Å². The number of amides is 1. The third-order valence-corrected chi connectivity index (χ3v) is 13.8. The summed E-state index contributed by atoms with van der Waals surface area (Å²) < 4.78 is 35.8. The van der Waals surface area contributed by atoms with Gasteiger partial charge in [-0.2, -0.15) is 0 Å². The average molecular weight is 678 g/mol. The lowest BCUT2D eigenvalue weighted by Crippen LogP contribution is -2.52. The van der Waals surface area contributed by atoms with E-state index in [9.17, 15) is 18.3 Å². The number of halogens is 1. The fourth-order valence-electron chi connectivity index (χ4n) is 8.63. The molecule has 1 aromatic heterocycles. The summed E-state index contributed by atoms with van der Waals surface area (Å²) in [4.78, 5) is 20.2. The molecule has 1 amide bonds. The Kier molecular flexibility index (Phi) is 8.54. The molecule has 1 saturated carbocycles. The van der Waals surface area contributed by atoms with Crippen molar-refractivity contribution in [2.75, 3.05) is 24.6 Å². The van der Waals surface area contributed by atoms with E-state index in [0.717, 1.165) is 48.4 Å². The molecule has 6 atom stereocenters. The number of aromatic nitrogens is 1. The first-order chi connectivity index (χ1) is 22.5. The van der Waals surface area contributed by atoms with E-state index in [-0.39, 0.29) is 28.7 Å². The van der Waals surface area contributed by atoms with Gasteiger partial charge in [0.25, 0.3) is 5.91 Å². The number of pyridine rings is 1. The summed E-state index contributed by atoms with van der Waals surface area (Å²) in [7, 11) is -3.95. The number of aryl methyl sites for hydroxylation is 1. The van der Waals surface area contributed by atoms with Gasteiger partial charge in [-0.25, -0.2) is 13.1 Å². The normalized spacial score (nSPS) is 32.2. The highest BCUT2D eigenvalue weighted by Gasteiger charge is 2.49. The van der Waals surface area contributed by atoms with Crippen LogP contribution in [0.1, 0.15) is 85.8 Å². The zero-order chi connectivity index (χ0) is 33.0.